The van der Waals surface area contributed by atoms with Gasteiger partial charge in [0.05, 0.1) is 6.61 Å². The summed E-state index contributed by atoms with van der Waals surface area (Å²) >= 11 is 0. The van der Waals surface area contributed by atoms with E-state index in [0.717, 1.165) is 25.0 Å². The van der Waals surface area contributed by atoms with Crippen LogP contribution < -0.4 is 4.74 Å². The molecule has 1 N–H and O–H groups in total. The summed E-state index contributed by atoms with van der Waals surface area (Å²) in [6, 6.07) is 4.91. The van der Waals surface area contributed by atoms with E-state index in [-0.39, 0.29) is 36.4 Å². The summed E-state index contributed by atoms with van der Waals surface area (Å²) in [6.45, 7) is 0.0851. The van der Waals surface area contributed by atoms with Crippen LogP contribution in [-0.4, -0.2) is 41.5 Å². The van der Waals surface area contributed by atoms with Gasteiger partial charge in [-0.2, -0.15) is 0 Å². The molecule has 0 bridgehead atoms. The Bertz CT molecular complexity index is 469. The zero-order chi connectivity index (χ0) is 14.8. The maximum absolute atomic E-state index is 12.2. The first-order valence-corrected chi connectivity index (χ1v) is 6.18. The SMILES string of the molecule is O=C(c1ccc(OC(F)(F)F)cc1)N(CCO)C1CC1. The quantitative estimate of drug-likeness (QED) is 0.904. The number of rotatable bonds is 5. The molecule has 0 aromatic heterocycles. The highest BCUT2D eigenvalue weighted by Crippen LogP contribution is 2.28. The molecule has 0 heterocycles. The van der Waals surface area contributed by atoms with Crippen LogP contribution in [0.4, 0.5) is 13.2 Å². The lowest BCUT2D eigenvalue weighted by atomic mass is 10.2. The van der Waals surface area contributed by atoms with E-state index in [2.05, 4.69) is 4.74 Å². The van der Waals surface area contributed by atoms with E-state index in [1.165, 1.54) is 12.1 Å². The van der Waals surface area contributed by atoms with Gasteiger partial charge < -0.3 is 14.7 Å². The van der Waals surface area contributed by atoms with Crippen molar-refractivity contribution in [2.24, 2.45) is 0 Å². The molecule has 1 aliphatic rings. The molecule has 1 fully saturated rings. The van der Waals surface area contributed by atoms with Crippen LogP contribution in [0.3, 0.4) is 0 Å². The summed E-state index contributed by atoms with van der Waals surface area (Å²) in [5.74, 6) is -0.658. The summed E-state index contributed by atoms with van der Waals surface area (Å²) in [4.78, 5) is 13.7. The van der Waals surface area contributed by atoms with E-state index in [0.29, 0.717) is 0 Å². The lowest BCUT2D eigenvalue weighted by Crippen LogP contribution is -2.35. The van der Waals surface area contributed by atoms with E-state index >= 15 is 0 Å². The van der Waals surface area contributed by atoms with Gasteiger partial charge in [-0.05, 0) is 37.1 Å². The topological polar surface area (TPSA) is 49.8 Å². The van der Waals surface area contributed by atoms with Crippen LogP contribution in [0.2, 0.25) is 0 Å². The minimum Gasteiger partial charge on any atom is -0.406 e. The average Bonchev–Trinajstić information content (AvgIpc) is 3.18. The zero-order valence-electron chi connectivity index (χ0n) is 10.6. The fourth-order valence-electron chi connectivity index (χ4n) is 1.91. The highest BCUT2D eigenvalue weighted by molar-refractivity contribution is 5.94. The van der Waals surface area contributed by atoms with Crippen LogP contribution in [-0.2, 0) is 0 Å². The van der Waals surface area contributed by atoms with Gasteiger partial charge in [-0.1, -0.05) is 0 Å². The van der Waals surface area contributed by atoms with Crippen molar-refractivity contribution in [2.75, 3.05) is 13.2 Å². The van der Waals surface area contributed by atoms with Crippen LogP contribution in [0.5, 0.6) is 5.75 Å². The van der Waals surface area contributed by atoms with E-state index in [9.17, 15) is 18.0 Å². The number of hydrogen-bond acceptors (Lipinski definition) is 3. The number of alkyl halides is 3. The van der Waals surface area contributed by atoms with Crippen molar-refractivity contribution in [3.8, 4) is 5.75 Å². The Labute approximate surface area is 113 Å². The van der Waals surface area contributed by atoms with Crippen LogP contribution in [0.15, 0.2) is 24.3 Å². The van der Waals surface area contributed by atoms with Gasteiger partial charge in [0.2, 0.25) is 0 Å². The first kappa shape index (κ1) is 14.6. The second-order valence-electron chi connectivity index (χ2n) is 4.53. The average molecular weight is 289 g/mol. The summed E-state index contributed by atoms with van der Waals surface area (Å²) in [5, 5.41) is 8.94. The van der Waals surface area contributed by atoms with Crippen LogP contribution in [0.1, 0.15) is 23.2 Å². The van der Waals surface area contributed by atoms with Crippen molar-refractivity contribution in [1.29, 1.82) is 0 Å². The Morgan fingerprint density at radius 2 is 1.90 bits per heavy atom. The number of carbonyl (C=O) groups excluding carboxylic acids is 1. The maximum atomic E-state index is 12.2. The molecule has 0 unspecified atom stereocenters. The number of ether oxygens (including phenoxy) is 1. The molecular formula is C13H14F3NO3. The molecule has 7 heteroatoms. The molecule has 20 heavy (non-hydrogen) atoms. The van der Waals surface area contributed by atoms with Gasteiger partial charge in [0, 0.05) is 18.2 Å². The Kier molecular flexibility index (Phi) is 4.17. The molecule has 1 aromatic rings. The fourth-order valence-corrected chi connectivity index (χ4v) is 1.91. The number of nitrogens with zero attached hydrogens (tertiary/aromatic N) is 1. The maximum Gasteiger partial charge on any atom is 0.573 e. The second-order valence-corrected chi connectivity index (χ2v) is 4.53. The normalized spacial score (nSPS) is 15.0. The fraction of sp³-hybridized carbons (Fsp3) is 0.462. The summed E-state index contributed by atoms with van der Waals surface area (Å²) in [6.07, 6.45) is -2.97. The molecular weight excluding hydrogens is 275 g/mol. The van der Waals surface area contributed by atoms with Crippen molar-refractivity contribution in [3.05, 3.63) is 29.8 Å². The number of aliphatic hydroxyl groups is 1. The second kappa shape index (κ2) is 5.70. The summed E-state index contributed by atoms with van der Waals surface area (Å²) < 4.78 is 39.8. The smallest absolute Gasteiger partial charge is 0.406 e. The van der Waals surface area contributed by atoms with E-state index in [1.807, 2.05) is 0 Å². The molecule has 110 valence electrons. The van der Waals surface area contributed by atoms with Gasteiger partial charge >= 0.3 is 6.36 Å². The van der Waals surface area contributed by atoms with Gasteiger partial charge in [-0.15, -0.1) is 13.2 Å². The van der Waals surface area contributed by atoms with Crippen LogP contribution >= 0.6 is 0 Å². The number of aliphatic hydroxyl groups excluding tert-OH is 1. The van der Waals surface area contributed by atoms with Crippen molar-refractivity contribution in [1.82, 2.24) is 4.90 Å². The van der Waals surface area contributed by atoms with Gasteiger partial charge in [0.15, 0.2) is 0 Å². The molecule has 1 aromatic carbocycles. The largest absolute Gasteiger partial charge is 0.573 e. The third-order valence-corrected chi connectivity index (χ3v) is 2.92. The minimum atomic E-state index is -4.75. The summed E-state index contributed by atoms with van der Waals surface area (Å²) in [7, 11) is 0. The number of amides is 1. The molecule has 0 atom stereocenters. The van der Waals surface area contributed by atoms with E-state index in [1.54, 1.807) is 4.90 Å². The van der Waals surface area contributed by atoms with Gasteiger partial charge in [-0.25, -0.2) is 0 Å². The van der Waals surface area contributed by atoms with Crippen LogP contribution in [0.25, 0.3) is 0 Å². The first-order chi connectivity index (χ1) is 9.40. The first-order valence-electron chi connectivity index (χ1n) is 6.18. The monoisotopic (exact) mass is 289 g/mol. The van der Waals surface area contributed by atoms with Gasteiger partial charge in [-0.3, -0.25) is 4.79 Å². The zero-order valence-corrected chi connectivity index (χ0v) is 10.6. The molecule has 1 amide bonds. The van der Waals surface area contributed by atoms with Crippen molar-refractivity contribution < 1.29 is 27.8 Å². The molecule has 1 saturated carbocycles. The summed E-state index contributed by atoms with van der Waals surface area (Å²) in [5.41, 5.74) is 0.278. The number of hydrogen-bond donors (Lipinski definition) is 1. The number of benzene rings is 1. The highest BCUT2D eigenvalue weighted by Gasteiger charge is 2.33. The minimum absolute atomic E-state index is 0.126. The van der Waals surface area contributed by atoms with Crippen molar-refractivity contribution in [3.63, 3.8) is 0 Å². The standard InChI is InChI=1S/C13H14F3NO3/c14-13(15,16)20-11-5-1-9(2-6-11)12(19)17(7-8-18)10-3-4-10/h1-2,5-6,10,18H,3-4,7-8H2. The predicted octanol–water partition coefficient (Wildman–Crippen LogP) is 2.18. The third-order valence-electron chi connectivity index (χ3n) is 2.92. The molecule has 2 rings (SSSR count). The van der Waals surface area contributed by atoms with E-state index < -0.39 is 6.36 Å². The Hall–Kier alpha value is -1.76. The molecule has 4 nitrogen and oxygen atoms in total. The number of carbonyl (C=O) groups is 1. The lowest BCUT2D eigenvalue weighted by molar-refractivity contribution is -0.274. The van der Waals surface area contributed by atoms with Gasteiger partial charge in [0.25, 0.3) is 5.91 Å². The molecule has 0 spiro atoms. The Morgan fingerprint density at radius 1 is 1.30 bits per heavy atom. The molecule has 1 aliphatic carbocycles. The highest BCUT2D eigenvalue weighted by atomic mass is 19.4. The van der Waals surface area contributed by atoms with Crippen molar-refractivity contribution in [2.45, 2.75) is 25.2 Å². The molecule has 0 saturated heterocycles. The molecule has 0 radical (unpaired) electrons. The molecule has 0 aliphatic heterocycles. The third kappa shape index (κ3) is 3.86. The van der Waals surface area contributed by atoms with Crippen LogP contribution in [0, 0.1) is 0 Å². The number of halogens is 3. The Balaban J connectivity index is 2.06. The predicted molar refractivity (Wildman–Crippen MR) is 64.3 cm³/mol. The lowest BCUT2D eigenvalue weighted by Gasteiger charge is -2.21. The Morgan fingerprint density at radius 3 is 2.35 bits per heavy atom. The van der Waals surface area contributed by atoms with Crippen molar-refractivity contribution >= 4 is 5.91 Å². The van der Waals surface area contributed by atoms with E-state index in [4.69, 9.17) is 5.11 Å². The van der Waals surface area contributed by atoms with Gasteiger partial charge in [0.1, 0.15) is 5.75 Å².